The zero-order chi connectivity index (χ0) is 26.6. The lowest BCUT2D eigenvalue weighted by Crippen LogP contribution is -2.50. The van der Waals surface area contributed by atoms with Crippen molar-refractivity contribution in [2.24, 2.45) is 0 Å². The minimum absolute atomic E-state index is 0. The molecule has 0 bridgehead atoms. The van der Waals surface area contributed by atoms with Crippen molar-refractivity contribution in [3.05, 3.63) is 53.1 Å². The minimum atomic E-state index is -1.10. The van der Waals surface area contributed by atoms with Crippen LogP contribution in [0.5, 0.6) is 11.5 Å². The second-order valence-electron chi connectivity index (χ2n) is 8.87. The van der Waals surface area contributed by atoms with Crippen molar-refractivity contribution in [3.8, 4) is 11.5 Å². The summed E-state index contributed by atoms with van der Waals surface area (Å²) < 4.78 is 11.0. The Morgan fingerprint density at radius 2 is 1.73 bits per heavy atom. The van der Waals surface area contributed by atoms with E-state index in [9.17, 15) is 19.2 Å². The molecule has 4 amide bonds. The van der Waals surface area contributed by atoms with E-state index in [-0.39, 0.29) is 48.1 Å². The molecule has 0 saturated carbocycles. The number of halogens is 1. The molecular formula is C26H33ClN4O6. The van der Waals surface area contributed by atoms with Crippen molar-refractivity contribution >= 4 is 41.7 Å². The number of fused-ring (bicyclic) bond motifs is 1. The summed E-state index contributed by atoms with van der Waals surface area (Å²) in [5.41, 5.74) is 1.15. The molecule has 0 fully saturated rings. The fraction of sp³-hybridized carbons (Fsp3) is 0.385. The Balaban J connectivity index is 0.00000481. The molecule has 1 unspecified atom stereocenters. The predicted molar refractivity (Wildman–Crippen MR) is 142 cm³/mol. The highest BCUT2D eigenvalue weighted by Gasteiger charge is 2.44. The molecule has 1 N–H and O–H groups in total. The van der Waals surface area contributed by atoms with Gasteiger partial charge in [-0.25, -0.2) is 0 Å². The topological polar surface area (TPSA) is 108 Å². The number of amides is 4. The Morgan fingerprint density at radius 1 is 1.03 bits per heavy atom. The molecule has 1 aliphatic rings. The monoisotopic (exact) mass is 532 g/mol. The van der Waals surface area contributed by atoms with Gasteiger partial charge in [0.25, 0.3) is 11.8 Å². The van der Waals surface area contributed by atoms with Crippen molar-refractivity contribution < 1.29 is 28.7 Å². The summed E-state index contributed by atoms with van der Waals surface area (Å²) in [6, 6.07) is 8.82. The van der Waals surface area contributed by atoms with Crippen LogP contribution in [0.3, 0.4) is 0 Å². The number of hydrogen-bond acceptors (Lipinski definition) is 7. The molecule has 2 aromatic rings. The normalized spacial score (nSPS) is 13.1. The lowest BCUT2D eigenvalue weighted by molar-refractivity contribution is -0.132. The lowest BCUT2D eigenvalue weighted by Gasteiger charge is -2.28. The van der Waals surface area contributed by atoms with Crippen molar-refractivity contribution in [1.82, 2.24) is 14.7 Å². The van der Waals surface area contributed by atoms with Gasteiger partial charge in [-0.05, 0) is 50.8 Å². The Labute approximate surface area is 222 Å². The second kappa shape index (κ2) is 12.6. The number of nitrogens with zero attached hydrogens (tertiary/aromatic N) is 3. The average Bonchev–Trinajstić information content (AvgIpc) is 3.07. The number of nitrogens with one attached hydrogen (secondary N) is 1. The molecule has 200 valence electrons. The fourth-order valence-corrected chi connectivity index (χ4v) is 4.09. The molecule has 0 spiro atoms. The maximum absolute atomic E-state index is 13.6. The molecule has 1 aliphatic heterocycles. The molecule has 11 heteroatoms. The molecule has 0 aromatic heterocycles. The summed E-state index contributed by atoms with van der Waals surface area (Å²) in [5.74, 6) is -0.908. The van der Waals surface area contributed by atoms with E-state index in [1.54, 1.807) is 63.4 Å². The van der Waals surface area contributed by atoms with E-state index in [4.69, 9.17) is 9.47 Å². The van der Waals surface area contributed by atoms with Crippen LogP contribution >= 0.6 is 12.4 Å². The lowest BCUT2D eigenvalue weighted by atomic mass is 10.0. The average molecular weight is 533 g/mol. The van der Waals surface area contributed by atoms with Gasteiger partial charge in [-0.3, -0.25) is 24.1 Å². The summed E-state index contributed by atoms with van der Waals surface area (Å²) in [7, 11) is 8.17. The van der Waals surface area contributed by atoms with Crippen LogP contribution in [0.1, 0.15) is 33.2 Å². The standard InChI is InChI=1S/C26H32N4O6.ClH/c1-7-36-21-14-16(11-12-20(21)35-6)13-19(25(33)29(4)5)30-24(32)17-9-8-10-18(23(17)26(30)34)27-22(31)15-28(2)3;/h8-12,14,19H,7,13,15H2,1-6H3,(H,27,31);1H. The number of rotatable bonds is 10. The van der Waals surface area contributed by atoms with E-state index in [1.807, 2.05) is 6.92 Å². The van der Waals surface area contributed by atoms with Crippen LogP contribution in [0.15, 0.2) is 36.4 Å². The van der Waals surface area contributed by atoms with E-state index in [0.29, 0.717) is 23.7 Å². The van der Waals surface area contributed by atoms with E-state index >= 15 is 0 Å². The molecule has 1 atom stereocenters. The second-order valence-corrected chi connectivity index (χ2v) is 8.87. The zero-order valence-corrected chi connectivity index (χ0v) is 22.7. The zero-order valence-electron chi connectivity index (χ0n) is 21.9. The third-order valence-electron chi connectivity index (χ3n) is 5.67. The van der Waals surface area contributed by atoms with E-state index in [2.05, 4.69) is 5.32 Å². The molecule has 2 aromatic carbocycles. The molecule has 3 rings (SSSR count). The maximum Gasteiger partial charge on any atom is 0.264 e. The van der Waals surface area contributed by atoms with Gasteiger partial charge in [-0.2, -0.15) is 0 Å². The van der Waals surface area contributed by atoms with Crippen molar-refractivity contribution in [2.45, 2.75) is 19.4 Å². The Bertz CT molecular complexity index is 1180. The highest BCUT2D eigenvalue weighted by molar-refractivity contribution is 6.25. The Morgan fingerprint density at radius 3 is 2.32 bits per heavy atom. The number of imide groups is 1. The summed E-state index contributed by atoms with van der Waals surface area (Å²) in [6.45, 7) is 2.37. The van der Waals surface area contributed by atoms with Gasteiger partial charge in [0.15, 0.2) is 11.5 Å². The molecule has 0 aliphatic carbocycles. The summed E-state index contributed by atoms with van der Waals surface area (Å²) in [5, 5.41) is 2.71. The van der Waals surface area contributed by atoms with Gasteiger partial charge in [-0.1, -0.05) is 12.1 Å². The number of ether oxygens (including phenoxy) is 2. The molecular weight excluding hydrogens is 500 g/mol. The number of carbonyl (C=O) groups is 4. The summed E-state index contributed by atoms with van der Waals surface area (Å²) in [4.78, 5) is 56.6. The van der Waals surface area contributed by atoms with Gasteiger partial charge in [0, 0.05) is 20.5 Å². The van der Waals surface area contributed by atoms with Crippen LogP contribution in [0, 0.1) is 0 Å². The van der Waals surface area contributed by atoms with Gasteiger partial charge < -0.3 is 24.6 Å². The highest BCUT2D eigenvalue weighted by Crippen LogP contribution is 2.33. The molecule has 10 nitrogen and oxygen atoms in total. The van der Waals surface area contributed by atoms with Gasteiger partial charge >= 0.3 is 0 Å². The summed E-state index contributed by atoms with van der Waals surface area (Å²) in [6.07, 6.45) is 0.0782. The molecule has 1 heterocycles. The first-order valence-electron chi connectivity index (χ1n) is 11.5. The number of carbonyl (C=O) groups excluding carboxylic acids is 4. The predicted octanol–water partition coefficient (Wildman–Crippen LogP) is 2.31. The third kappa shape index (κ3) is 6.39. The smallest absolute Gasteiger partial charge is 0.264 e. The molecule has 37 heavy (non-hydrogen) atoms. The van der Waals surface area contributed by atoms with Crippen molar-refractivity contribution in [1.29, 1.82) is 0 Å². The Hall–Kier alpha value is -3.63. The van der Waals surface area contributed by atoms with E-state index in [0.717, 1.165) is 4.90 Å². The van der Waals surface area contributed by atoms with Gasteiger partial charge in [0.1, 0.15) is 6.04 Å². The SMILES string of the molecule is CCOc1cc(CC(C(=O)N(C)C)N2C(=O)c3cccc(NC(=O)CN(C)C)c3C2=O)ccc1OC.Cl. The maximum atomic E-state index is 13.6. The number of hydrogen-bond donors (Lipinski definition) is 1. The van der Waals surface area contributed by atoms with Crippen LogP contribution in [0.4, 0.5) is 5.69 Å². The number of benzene rings is 2. The quantitative estimate of drug-likeness (QED) is 0.468. The van der Waals surface area contributed by atoms with Crippen LogP contribution in [0.25, 0.3) is 0 Å². The number of likely N-dealkylation sites (N-methyl/N-ethyl adjacent to an activating group) is 2. The first kappa shape index (κ1) is 29.6. The number of anilines is 1. The number of methoxy groups -OCH3 is 1. The first-order valence-corrected chi connectivity index (χ1v) is 11.5. The van der Waals surface area contributed by atoms with Gasteiger partial charge in [0.2, 0.25) is 11.8 Å². The highest BCUT2D eigenvalue weighted by atomic mass is 35.5. The van der Waals surface area contributed by atoms with Crippen LogP contribution in [-0.2, 0) is 16.0 Å². The third-order valence-corrected chi connectivity index (χ3v) is 5.67. The molecule has 0 saturated heterocycles. The van der Waals surface area contributed by atoms with Crippen molar-refractivity contribution in [2.75, 3.05) is 53.8 Å². The Kier molecular flexibility index (Phi) is 10.0. The van der Waals surface area contributed by atoms with E-state index in [1.165, 1.54) is 18.1 Å². The van der Waals surface area contributed by atoms with Crippen molar-refractivity contribution in [3.63, 3.8) is 0 Å². The largest absolute Gasteiger partial charge is 0.493 e. The first-order chi connectivity index (χ1) is 17.1. The fourth-order valence-electron chi connectivity index (χ4n) is 4.09. The van der Waals surface area contributed by atoms with Crippen LogP contribution in [-0.4, -0.2) is 92.8 Å². The van der Waals surface area contributed by atoms with Gasteiger partial charge in [0.05, 0.1) is 37.1 Å². The van der Waals surface area contributed by atoms with Crippen LogP contribution < -0.4 is 14.8 Å². The molecule has 0 radical (unpaired) electrons. The van der Waals surface area contributed by atoms with Crippen LogP contribution in [0.2, 0.25) is 0 Å². The minimum Gasteiger partial charge on any atom is -0.493 e. The van der Waals surface area contributed by atoms with E-state index < -0.39 is 23.8 Å². The summed E-state index contributed by atoms with van der Waals surface area (Å²) >= 11 is 0. The van der Waals surface area contributed by atoms with Gasteiger partial charge in [-0.15, -0.1) is 12.4 Å².